The molecule has 0 radical (unpaired) electrons. The van der Waals surface area contributed by atoms with Gasteiger partial charge in [-0.3, -0.25) is 4.79 Å². The lowest BCUT2D eigenvalue weighted by Crippen LogP contribution is -2.52. The standard InChI is InChI=1S/C12H22N2O4/c15-4-6-18-11-8-17-5-3-10(11)14-12(16)7-13-9-1-2-9/h9-11,13,15H,1-8H2,(H,14,16)/t10-,11-/m1/s1. The van der Waals surface area contributed by atoms with Crippen LogP contribution in [0.2, 0.25) is 0 Å². The lowest BCUT2D eigenvalue weighted by atomic mass is 10.1. The molecule has 2 atom stereocenters. The van der Waals surface area contributed by atoms with Crippen molar-refractivity contribution in [1.29, 1.82) is 0 Å². The number of carbonyl (C=O) groups excluding carboxylic acids is 1. The van der Waals surface area contributed by atoms with Crippen LogP contribution < -0.4 is 10.6 Å². The summed E-state index contributed by atoms with van der Waals surface area (Å²) < 4.78 is 10.8. The zero-order valence-corrected chi connectivity index (χ0v) is 10.6. The fourth-order valence-corrected chi connectivity index (χ4v) is 2.03. The lowest BCUT2D eigenvalue weighted by Gasteiger charge is -2.32. The molecule has 6 nitrogen and oxygen atoms in total. The first-order valence-electron chi connectivity index (χ1n) is 6.62. The molecule has 1 amide bonds. The molecule has 1 heterocycles. The van der Waals surface area contributed by atoms with E-state index in [0.717, 1.165) is 6.42 Å². The first kappa shape index (κ1) is 13.7. The molecule has 0 aromatic rings. The van der Waals surface area contributed by atoms with Crippen molar-refractivity contribution in [2.24, 2.45) is 0 Å². The Hall–Kier alpha value is -0.690. The van der Waals surface area contributed by atoms with Crippen molar-refractivity contribution in [1.82, 2.24) is 10.6 Å². The number of nitrogens with one attached hydrogen (secondary N) is 2. The molecule has 18 heavy (non-hydrogen) atoms. The van der Waals surface area contributed by atoms with E-state index in [2.05, 4.69) is 10.6 Å². The highest BCUT2D eigenvalue weighted by Crippen LogP contribution is 2.18. The highest BCUT2D eigenvalue weighted by Gasteiger charge is 2.28. The molecule has 0 aromatic heterocycles. The third kappa shape index (κ3) is 4.53. The van der Waals surface area contributed by atoms with E-state index in [-0.39, 0.29) is 31.3 Å². The fourth-order valence-electron chi connectivity index (χ4n) is 2.03. The van der Waals surface area contributed by atoms with Crippen LogP contribution in [0.4, 0.5) is 0 Å². The van der Waals surface area contributed by atoms with Gasteiger partial charge in [-0.05, 0) is 19.3 Å². The topological polar surface area (TPSA) is 79.8 Å². The van der Waals surface area contributed by atoms with Crippen LogP contribution in [0, 0.1) is 0 Å². The molecule has 0 aromatic carbocycles. The van der Waals surface area contributed by atoms with Gasteiger partial charge in [0.25, 0.3) is 0 Å². The number of amides is 1. The molecule has 6 heteroatoms. The van der Waals surface area contributed by atoms with E-state index in [9.17, 15) is 4.79 Å². The summed E-state index contributed by atoms with van der Waals surface area (Å²) in [5.41, 5.74) is 0. The third-order valence-corrected chi connectivity index (χ3v) is 3.20. The summed E-state index contributed by atoms with van der Waals surface area (Å²) in [6, 6.07) is 0.519. The van der Waals surface area contributed by atoms with E-state index in [1.807, 2.05) is 0 Å². The monoisotopic (exact) mass is 258 g/mol. The highest BCUT2D eigenvalue weighted by atomic mass is 16.5. The van der Waals surface area contributed by atoms with Crippen molar-refractivity contribution in [2.75, 3.05) is 33.0 Å². The number of hydrogen-bond donors (Lipinski definition) is 3. The van der Waals surface area contributed by atoms with Gasteiger partial charge in [0.15, 0.2) is 0 Å². The highest BCUT2D eigenvalue weighted by molar-refractivity contribution is 5.78. The molecular formula is C12H22N2O4. The second-order valence-electron chi connectivity index (χ2n) is 4.83. The summed E-state index contributed by atoms with van der Waals surface area (Å²) in [6.07, 6.45) is 2.95. The molecule has 104 valence electrons. The smallest absolute Gasteiger partial charge is 0.234 e. The average Bonchev–Trinajstić information content (AvgIpc) is 3.19. The Labute approximate surface area is 107 Å². The predicted octanol–water partition coefficient (Wildman–Crippen LogP) is -0.979. The van der Waals surface area contributed by atoms with Crippen molar-refractivity contribution >= 4 is 5.91 Å². The summed E-state index contributed by atoms with van der Waals surface area (Å²) in [5.74, 6) is 0.00592. The van der Waals surface area contributed by atoms with E-state index in [4.69, 9.17) is 14.6 Å². The SMILES string of the molecule is O=C(CNC1CC1)N[C@@H]1CCOC[C@H]1OCCO. The second-order valence-corrected chi connectivity index (χ2v) is 4.83. The van der Waals surface area contributed by atoms with Gasteiger partial charge in [0, 0.05) is 12.6 Å². The van der Waals surface area contributed by atoms with E-state index in [1.165, 1.54) is 12.8 Å². The molecule has 2 aliphatic rings. The Kier molecular flexibility index (Phi) is 5.37. The molecule has 2 fully saturated rings. The van der Waals surface area contributed by atoms with Gasteiger partial charge >= 0.3 is 0 Å². The molecule has 1 saturated heterocycles. The summed E-state index contributed by atoms with van der Waals surface area (Å²) in [4.78, 5) is 11.7. The van der Waals surface area contributed by atoms with Crippen LogP contribution >= 0.6 is 0 Å². The van der Waals surface area contributed by atoms with Crippen LogP contribution in [0.3, 0.4) is 0 Å². The summed E-state index contributed by atoms with van der Waals surface area (Å²) in [7, 11) is 0. The predicted molar refractivity (Wildman–Crippen MR) is 65.2 cm³/mol. The molecule has 1 saturated carbocycles. The Bertz CT molecular complexity index is 271. The Balaban J connectivity index is 1.70. The molecular weight excluding hydrogens is 236 g/mol. The molecule has 2 rings (SSSR count). The zero-order chi connectivity index (χ0) is 12.8. The summed E-state index contributed by atoms with van der Waals surface area (Å²) in [5, 5.41) is 14.9. The van der Waals surface area contributed by atoms with Crippen LogP contribution in [-0.4, -0.2) is 62.2 Å². The minimum absolute atomic E-state index is 0.00592. The number of rotatable bonds is 7. The van der Waals surface area contributed by atoms with Gasteiger partial charge in [-0.2, -0.15) is 0 Å². The van der Waals surface area contributed by atoms with E-state index in [0.29, 0.717) is 25.8 Å². The number of aliphatic hydroxyl groups is 1. The van der Waals surface area contributed by atoms with Crippen LogP contribution in [0.5, 0.6) is 0 Å². The quantitative estimate of drug-likeness (QED) is 0.547. The minimum atomic E-state index is -0.157. The van der Waals surface area contributed by atoms with Crippen LogP contribution in [0.25, 0.3) is 0 Å². The van der Waals surface area contributed by atoms with Gasteiger partial charge in [0.1, 0.15) is 6.10 Å². The van der Waals surface area contributed by atoms with Gasteiger partial charge in [-0.25, -0.2) is 0 Å². The Morgan fingerprint density at radius 2 is 2.22 bits per heavy atom. The first-order chi connectivity index (χ1) is 8.79. The maximum Gasteiger partial charge on any atom is 0.234 e. The zero-order valence-electron chi connectivity index (χ0n) is 10.6. The van der Waals surface area contributed by atoms with E-state index < -0.39 is 0 Å². The van der Waals surface area contributed by atoms with Gasteiger partial charge in [-0.15, -0.1) is 0 Å². The minimum Gasteiger partial charge on any atom is -0.394 e. The average molecular weight is 258 g/mol. The van der Waals surface area contributed by atoms with Crippen LogP contribution in [-0.2, 0) is 14.3 Å². The molecule has 0 spiro atoms. The normalized spacial score (nSPS) is 28.1. The summed E-state index contributed by atoms with van der Waals surface area (Å²) >= 11 is 0. The van der Waals surface area contributed by atoms with Gasteiger partial charge < -0.3 is 25.2 Å². The van der Waals surface area contributed by atoms with Gasteiger partial charge in [0.05, 0.1) is 32.4 Å². The lowest BCUT2D eigenvalue weighted by molar-refractivity contribution is -0.125. The van der Waals surface area contributed by atoms with Crippen molar-refractivity contribution in [3.8, 4) is 0 Å². The molecule has 0 bridgehead atoms. The maximum atomic E-state index is 11.7. The number of hydrogen-bond acceptors (Lipinski definition) is 5. The second kappa shape index (κ2) is 7.04. The van der Waals surface area contributed by atoms with E-state index in [1.54, 1.807) is 0 Å². The number of aliphatic hydroxyl groups excluding tert-OH is 1. The van der Waals surface area contributed by atoms with Crippen LogP contribution in [0.1, 0.15) is 19.3 Å². The Morgan fingerprint density at radius 3 is 2.94 bits per heavy atom. The van der Waals surface area contributed by atoms with Crippen molar-refractivity contribution < 1.29 is 19.4 Å². The third-order valence-electron chi connectivity index (χ3n) is 3.20. The van der Waals surface area contributed by atoms with E-state index >= 15 is 0 Å². The maximum absolute atomic E-state index is 11.7. The van der Waals surface area contributed by atoms with Crippen molar-refractivity contribution in [3.63, 3.8) is 0 Å². The Morgan fingerprint density at radius 1 is 1.39 bits per heavy atom. The largest absolute Gasteiger partial charge is 0.394 e. The summed E-state index contributed by atoms with van der Waals surface area (Å²) in [6.45, 7) is 1.75. The molecule has 3 N–H and O–H groups in total. The van der Waals surface area contributed by atoms with Crippen molar-refractivity contribution in [3.05, 3.63) is 0 Å². The van der Waals surface area contributed by atoms with Crippen LogP contribution in [0.15, 0.2) is 0 Å². The first-order valence-corrected chi connectivity index (χ1v) is 6.62. The van der Waals surface area contributed by atoms with Gasteiger partial charge in [-0.1, -0.05) is 0 Å². The molecule has 1 aliphatic carbocycles. The van der Waals surface area contributed by atoms with Gasteiger partial charge in [0.2, 0.25) is 5.91 Å². The number of ether oxygens (including phenoxy) is 2. The fraction of sp³-hybridized carbons (Fsp3) is 0.917. The molecule has 1 aliphatic heterocycles. The van der Waals surface area contributed by atoms with Crippen molar-refractivity contribution in [2.45, 2.75) is 37.5 Å². The number of carbonyl (C=O) groups is 1. The molecule has 0 unspecified atom stereocenters.